The van der Waals surface area contributed by atoms with Crippen LogP contribution in [0.2, 0.25) is 0 Å². The highest BCUT2D eigenvalue weighted by atomic mass is 16.4. The van der Waals surface area contributed by atoms with Gasteiger partial charge in [-0.3, -0.25) is 9.89 Å². The first-order chi connectivity index (χ1) is 10.0. The lowest BCUT2D eigenvalue weighted by Crippen LogP contribution is -2.31. The Kier molecular flexibility index (Phi) is 4.50. The first-order valence-corrected chi connectivity index (χ1v) is 6.28. The van der Waals surface area contributed by atoms with E-state index in [1.54, 1.807) is 31.2 Å². The summed E-state index contributed by atoms with van der Waals surface area (Å²) in [5.74, 6) is -0.375. The highest BCUT2D eigenvalue weighted by molar-refractivity contribution is 5.89. The molecule has 21 heavy (non-hydrogen) atoms. The lowest BCUT2D eigenvalue weighted by molar-refractivity contribution is -0.136. The fourth-order valence-electron chi connectivity index (χ4n) is 1.79. The zero-order valence-electron chi connectivity index (χ0n) is 11.3. The zero-order valence-corrected chi connectivity index (χ0v) is 11.3. The molecule has 1 aromatic carbocycles. The standard InChI is InChI=1S/C13H15N5O3/c1-8(12-14-7-15-18-12)16-13(21)17-10-4-2-3-9(5-10)6-11(19)20/h2-5,7-8H,6H2,1H3,(H,19,20)(H,14,15,18)(H2,16,17,21). The summed E-state index contributed by atoms with van der Waals surface area (Å²) in [5.41, 5.74) is 1.14. The van der Waals surface area contributed by atoms with Gasteiger partial charge in [-0.05, 0) is 24.6 Å². The van der Waals surface area contributed by atoms with E-state index < -0.39 is 12.0 Å². The molecule has 0 fully saturated rings. The largest absolute Gasteiger partial charge is 0.481 e. The van der Waals surface area contributed by atoms with Crippen LogP contribution in [0, 0.1) is 0 Å². The van der Waals surface area contributed by atoms with Gasteiger partial charge < -0.3 is 15.7 Å². The van der Waals surface area contributed by atoms with Gasteiger partial charge in [0.2, 0.25) is 0 Å². The van der Waals surface area contributed by atoms with Crippen molar-refractivity contribution in [3.8, 4) is 0 Å². The summed E-state index contributed by atoms with van der Waals surface area (Å²) >= 11 is 0. The Morgan fingerprint density at radius 2 is 2.24 bits per heavy atom. The fourth-order valence-corrected chi connectivity index (χ4v) is 1.79. The Labute approximate surface area is 120 Å². The number of rotatable bonds is 5. The number of carbonyl (C=O) groups is 2. The number of carboxylic acid groups (broad SMARTS) is 1. The molecular weight excluding hydrogens is 274 g/mol. The van der Waals surface area contributed by atoms with Crippen LogP contribution < -0.4 is 10.6 Å². The number of carboxylic acids is 1. The third-order valence-electron chi connectivity index (χ3n) is 2.73. The van der Waals surface area contributed by atoms with Gasteiger partial charge in [0.15, 0.2) is 0 Å². The summed E-state index contributed by atoms with van der Waals surface area (Å²) in [4.78, 5) is 26.5. The molecule has 2 rings (SSSR count). The van der Waals surface area contributed by atoms with Crippen LogP contribution in [0.4, 0.5) is 10.5 Å². The number of aromatic nitrogens is 3. The van der Waals surface area contributed by atoms with Gasteiger partial charge in [0.05, 0.1) is 12.5 Å². The molecule has 0 aliphatic heterocycles. The minimum absolute atomic E-state index is 0.0917. The van der Waals surface area contributed by atoms with Gasteiger partial charge in [-0.15, -0.1) is 0 Å². The first-order valence-electron chi connectivity index (χ1n) is 6.28. The molecule has 0 spiro atoms. The highest BCUT2D eigenvalue weighted by Crippen LogP contribution is 2.12. The zero-order chi connectivity index (χ0) is 15.2. The second-order valence-electron chi connectivity index (χ2n) is 4.46. The molecule has 0 radical (unpaired) electrons. The number of anilines is 1. The van der Waals surface area contributed by atoms with E-state index in [-0.39, 0.29) is 12.5 Å². The highest BCUT2D eigenvalue weighted by Gasteiger charge is 2.12. The van der Waals surface area contributed by atoms with Crippen molar-refractivity contribution < 1.29 is 14.7 Å². The number of nitrogens with one attached hydrogen (secondary N) is 3. The molecule has 0 saturated heterocycles. The second-order valence-corrected chi connectivity index (χ2v) is 4.46. The smallest absolute Gasteiger partial charge is 0.319 e. The van der Waals surface area contributed by atoms with Crippen LogP contribution in [-0.2, 0) is 11.2 Å². The summed E-state index contributed by atoms with van der Waals surface area (Å²) < 4.78 is 0. The maximum atomic E-state index is 11.9. The summed E-state index contributed by atoms with van der Waals surface area (Å²) in [5, 5.41) is 20.5. The first kappa shape index (κ1) is 14.5. The van der Waals surface area contributed by atoms with Crippen molar-refractivity contribution in [2.75, 3.05) is 5.32 Å². The number of urea groups is 1. The molecule has 8 heteroatoms. The summed E-state index contributed by atoms with van der Waals surface area (Å²) in [6.07, 6.45) is 1.27. The van der Waals surface area contributed by atoms with Gasteiger partial charge in [0.25, 0.3) is 0 Å². The third kappa shape index (κ3) is 4.30. The van der Waals surface area contributed by atoms with E-state index >= 15 is 0 Å². The minimum atomic E-state index is -0.921. The molecular formula is C13H15N5O3. The second kappa shape index (κ2) is 6.51. The number of hydrogen-bond acceptors (Lipinski definition) is 4. The Balaban J connectivity index is 1.94. The normalized spacial score (nSPS) is 11.7. The van der Waals surface area contributed by atoms with Gasteiger partial charge in [0.1, 0.15) is 12.2 Å². The average Bonchev–Trinajstić information content (AvgIpc) is 2.91. The summed E-state index contributed by atoms with van der Waals surface area (Å²) in [6, 6.07) is 5.94. The van der Waals surface area contributed by atoms with Crippen LogP contribution in [0.1, 0.15) is 24.4 Å². The lowest BCUT2D eigenvalue weighted by atomic mass is 10.1. The molecule has 1 unspecified atom stereocenters. The van der Waals surface area contributed by atoms with Gasteiger partial charge >= 0.3 is 12.0 Å². The molecule has 1 aromatic heterocycles. The predicted molar refractivity (Wildman–Crippen MR) is 74.7 cm³/mol. The van der Waals surface area contributed by atoms with Crippen LogP contribution in [0.5, 0.6) is 0 Å². The van der Waals surface area contributed by atoms with Crippen molar-refractivity contribution >= 4 is 17.7 Å². The van der Waals surface area contributed by atoms with Gasteiger partial charge in [-0.25, -0.2) is 9.78 Å². The van der Waals surface area contributed by atoms with Crippen molar-refractivity contribution in [1.29, 1.82) is 0 Å². The van der Waals surface area contributed by atoms with Crippen LogP contribution in [0.25, 0.3) is 0 Å². The maximum Gasteiger partial charge on any atom is 0.319 e. The van der Waals surface area contributed by atoms with Gasteiger partial charge in [-0.1, -0.05) is 12.1 Å². The Morgan fingerprint density at radius 3 is 2.90 bits per heavy atom. The molecule has 8 nitrogen and oxygen atoms in total. The van der Waals surface area contributed by atoms with Crippen molar-refractivity contribution in [1.82, 2.24) is 20.5 Å². The average molecular weight is 289 g/mol. The lowest BCUT2D eigenvalue weighted by Gasteiger charge is -2.12. The number of hydrogen-bond donors (Lipinski definition) is 4. The molecule has 4 N–H and O–H groups in total. The van der Waals surface area contributed by atoms with E-state index in [9.17, 15) is 9.59 Å². The molecule has 0 aliphatic carbocycles. The number of aromatic amines is 1. The van der Waals surface area contributed by atoms with E-state index in [1.807, 2.05) is 0 Å². The van der Waals surface area contributed by atoms with Crippen molar-refractivity contribution in [2.24, 2.45) is 0 Å². The third-order valence-corrected chi connectivity index (χ3v) is 2.73. The predicted octanol–water partition coefficient (Wildman–Crippen LogP) is 1.31. The number of aliphatic carboxylic acids is 1. The van der Waals surface area contributed by atoms with E-state index in [4.69, 9.17) is 5.11 Å². The van der Waals surface area contributed by atoms with Crippen LogP contribution in [0.3, 0.4) is 0 Å². The number of nitrogens with zero attached hydrogens (tertiary/aromatic N) is 2. The Bertz CT molecular complexity index is 626. The molecule has 2 aromatic rings. The molecule has 0 saturated carbocycles. The number of benzene rings is 1. The van der Waals surface area contributed by atoms with E-state index in [0.29, 0.717) is 17.1 Å². The molecule has 1 heterocycles. The number of carbonyl (C=O) groups excluding carboxylic acids is 1. The minimum Gasteiger partial charge on any atom is -0.481 e. The monoisotopic (exact) mass is 289 g/mol. The SMILES string of the molecule is CC(NC(=O)Nc1cccc(CC(=O)O)c1)c1ncn[nH]1. The summed E-state index contributed by atoms with van der Waals surface area (Å²) in [6.45, 7) is 1.76. The van der Waals surface area contributed by atoms with Gasteiger partial charge in [-0.2, -0.15) is 5.10 Å². The Hall–Kier alpha value is -2.90. The van der Waals surface area contributed by atoms with Crippen LogP contribution in [0.15, 0.2) is 30.6 Å². The van der Waals surface area contributed by atoms with Gasteiger partial charge in [0, 0.05) is 5.69 Å². The van der Waals surface area contributed by atoms with Crippen molar-refractivity contribution in [3.63, 3.8) is 0 Å². The molecule has 0 aliphatic rings. The van der Waals surface area contributed by atoms with E-state index in [1.165, 1.54) is 6.33 Å². The van der Waals surface area contributed by atoms with E-state index in [0.717, 1.165) is 0 Å². The fraction of sp³-hybridized carbons (Fsp3) is 0.231. The van der Waals surface area contributed by atoms with Crippen molar-refractivity contribution in [3.05, 3.63) is 42.0 Å². The Morgan fingerprint density at radius 1 is 1.43 bits per heavy atom. The topological polar surface area (TPSA) is 120 Å². The molecule has 1 atom stereocenters. The maximum absolute atomic E-state index is 11.9. The summed E-state index contributed by atoms with van der Waals surface area (Å²) in [7, 11) is 0. The molecule has 2 amide bonds. The molecule has 110 valence electrons. The quantitative estimate of drug-likeness (QED) is 0.661. The number of amides is 2. The molecule has 0 bridgehead atoms. The van der Waals surface area contributed by atoms with Crippen LogP contribution >= 0.6 is 0 Å². The van der Waals surface area contributed by atoms with Crippen LogP contribution in [-0.4, -0.2) is 32.3 Å². The van der Waals surface area contributed by atoms with Crippen molar-refractivity contribution in [2.45, 2.75) is 19.4 Å². The number of H-pyrrole nitrogens is 1. The van der Waals surface area contributed by atoms with E-state index in [2.05, 4.69) is 25.8 Å².